The molecule has 25 heteroatoms. The molecule has 3 aromatic carbocycles. The predicted molar refractivity (Wildman–Crippen MR) is 303 cm³/mol. The topological polar surface area (TPSA) is 419 Å². The number of amides is 8. The number of aliphatic hydroxyl groups excluding tert-OH is 3. The summed E-state index contributed by atoms with van der Waals surface area (Å²) >= 11 is 0. The van der Waals surface area contributed by atoms with Crippen molar-refractivity contribution < 1.29 is 68.7 Å². The molecular formula is C57H81N11O14. The highest BCUT2D eigenvalue weighted by Crippen LogP contribution is 2.20. The van der Waals surface area contributed by atoms with Gasteiger partial charge in [0.25, 0.3) is 0 Å². The zero-order valence-electron chi connectivity index (χ0n) is 46.9. The highest BCUT2D eigenvalue weighted by molar-refractivity contribution is 5.98. The fraction of sp³-hybridized carbons (Fsp3) is 0.491. The van der Waals surface area contributed by atoms with Crippen LogP contribution < -0.4 is 54.0 Å². The Morgan fingerprint density at radius 3 is 1.46 bits per heavy atom. The summed E-state index contributed by atoms with van der Waals surface area (Å²) in [6.45, 7) is 6.56. The molecule has 0 fully saturated rings. The van der Waals surface area contributed by atoms with Gasteiger partial charge in [-0.25, -0.2) is 4.79 Å². The minimum Gasteiger partial charge on any atom is -0.508 e. The third kappa shape index (κ3) is 21.2. The van der Waals surface area contributed by atoms with E-state index in [0.717, 1.165) is 10.9 Å². The number of phenolic OH excluding ortho intramolecular Hbond substituents is 1. The lowest BCUT2D eigenvalue weighted by Crippen LogP contribution is -2.62. The maximum atomic E-state index is 14.6. The van der Waals surface area contributed by atoms with Crippen molar-refractivity contribution in [1.29, 1.82) is 0 Å². The molecule has 0 spiro atoms. The monoisotopic (exact) mass is 1140 g/mol. The molecule has 448 valence electrons. The number of hydrogen-bond acceptors (Lipinski definition) is 15. The van der Waals surface area contributed by atoms with Gasteiger partial charge >= 0.3 is 5.97 Å². The second kappa shape index (κ2) is 33.1. The molecule has 0 aliphatic heterocycles. The van der Waals surface area contributed by atoms with Gasteiger partial charge in [0, 0.05) is 29.9 Å². The number of aromatic nitrogens is 1. The molecule has 0 bridgehead atoms. The number of H-pyrrole nitrogens is 1. The van der Waals surface area contributed by atoms with E-state index in [0.29, 0.717) is 29.5 Å². The van der Waals surface area contributed by atoms with Crippen LogP contribution in [0.25, 0.3) is 10.9 Å². The second-order valence-corrected chi connectivity index (χ2v) is 21.1. The van der Waals surface area contributed by atoms with Crippen molar-refractivity contribution in [3.63, 3.8) is 0 Å². The molecule has 8 amide bonds. The summed E-state index contributed by atoms with van der Waals surface area (Å²) in [4.78, 5) is 127. The Kier molecular flexibility index (Phi) is 26.8. The summed E-state index contributed by atoms with van der Waals surface area (Å²) in [5, 5.41) is 71.1. The smallest absolute Gasteiger partial charge is 0.328 e. The van der Waals surface area contributed by atoms with E-state index in [9.17, 15) is 68.7 Å². The minimum absolute atomic E-state index is 0.00293. The first-order valence-corrected chi connectivity index (χ1v) is 27.3. The Balaban J connectivity index is 1.57. The molecule has 82 heavy (non-hydrogen) atoms. The number of unbranched alkanes of at least 4 members (excludes halogenated alkanes) is 1. The SMILES string of the molecule is CC(C)C[C@H](NC(=O)[C@H](Cc1ccccc1)NC(=O)[C@H](CO)NC(=O)[C@H](CO)NC(=O)[C@H](CC(C)C)NC(=O)[C@@H](N)Cc1ccc(O)cc1)C(=O)N[C@@H](Cc1c[nH]c2ccccc12)C(=O)N[C@@H](CCCCN)C(=O)N[C@H](C(=O)O)[C@@H](C)O. The summed E-state index contributed by atoms with van der Waals surface area (Å²) in [6, 6.07) is 8.56. The van der Waals surface area contributed by atoms with Gasteiger partial charge in [-0.05, 0) is 98.7 Å². The van der Waals surface area contributed by atoms with Gasteiger partial charge in [-0.15, -0.1) is 0 Å². The van der Waals surface area contributed by atoms with Gasteiger partial charge in [-0.1, -0.05) is 88.4 Å². The van der Waals surface area contributed by atoms with Crippen LogP contribution in [0.5, 0.6) is 5.75 Å². The van der Waals surface area contributed by atoms with E-state index in [1.807, 2.05) is 6.07 Å². The average molecular weight is 1140 g/mol. The zero-order valence-corrected chi connectivity index (χ0v) is 46.9. The molecule has 25 nitrogen and oxygen atoms in total. The lowest BCUT2D eigenvalue weighted by Gasteiger charge is -2.28. The number of nitrogens with one attached hydrogen (secondary N) is 9. The summed E-state index contributed by atoms with van der Waals surface area (Å²) < 4.78 is 0. The molecule has 4 rings (SSSR count). The van der Waals surface area contributed by atoms with Crippen molar-refractivity contribution in [2.24, 2.45) is 23.3 Å². The predicted octanol–water partition coefficient (Wildman–Crippen LogP) is -1.22. The number of carboxylic acids is 1. The van der Waals surface area contributed by atoms with E-state index >= 15 is 0 Å². The molecule has 1 aromatic heterocycles. The van der Waals surface area contributed by atoms with Gasteiger partial charge in [0.2, 0.25) is 47.3 Å². The maximum absolute atomic E-state index is 14.6. The molecule has 1 heterocycles. The third-order valence-electron chi connectivity index (χ3n) is 13.3. The number of hydrogen-bond donors (Lipinski definition) is 16. The van der Waals surface area contributed by atoms with Crippen LogP contribution in [0.1, 0.15) is 83.4 Å². The molecule has 4 aromatic rings. The van der Waals surface area contributed by atoms with Crippen molar-refractivity contribution in [3.8, 4) is 5.75 Å². The van der Waals surface area contributed by atoms with Crippen LogP contribution in [-0.2, 0) is 62.4 Å². The first-order valence-electron chi connectivity index (χ1n) is 27.3. The van der Waals surface area contributed by atoms with Gasteiger partial charge < -0.3 is 84.5 Å². The normalized spacial score (nSPS) is 15.0. The van der Waals surface area contributed by atoms with Gasteiger partial charge in [0.15, 0.2) is 6.04 Å². The molecule has 18 N–H and O–H groups in total. The third-order valence-corrected chi connectivity index (χ3v) is 13.3. The number of phenols is 1. The Hall–Kier alpha value is -7.97. The summed E-state index contributed by atoms with van der Waals surface area (Å²) in [6.07, 6.45) is 0.798. The number of carbonyl (C=O) groups excluding carboxylic acids is 8. The Labute approximate surface area is 475 Å². The summed E-state index contributed by atoms with van der Waals surface area (Å²) in [5.41, 5.74) is 14.4. The summed E-state index contributed by atoms with van der Waals surface area (Å²) in [5.74, 6) is -9.11. The fourth-order valence-electron chi connectivity index (χ4n) is 8.88. The van der Waals surface area contributed by atoms with E-state index in [4.69, 9.17) is 11.5 Å². The highest BCUT2D eigenvalue weighted by Gasteiger charge is 2.36. The van der Waals surface area contributed by atoms with Crippen LogP contribution in [0, 0.1) is 11.8 Å². The van der Waals surface area contributed by atoms with Crippen LogP contribution in [0.4, 0.5) is 0 Å². The molecule has 10 atom stereocenters. The van der Waals surface area contributed by atoms with Crippen molar-refractivity contribution in [2.75, 3.05) is 19.8 Å². The van der Waals surface area contributed by atoms with Crippen molar-refractivity contribution >= 4 is 64.1 Å². The van der Waals surface area contributed by atoms with Crippen molar-refractivity contribution in [3.05, 3.63) is 102 Å². The number of nitrogens with two attached hydrogens (primary N) is 2. The maximum Gasteiger partial charge on any atom is 0.328 e. The number of carboxylic acid groups (broad SMARTS) is 1. The Morgan fingerprint density at radius 2 is 0.951 bits per heavy atom. The van der Waals surface area contributed by atoms with E-state index in [1.165, 1.54) is 19.1 Å². The molecule has 0 saturated carbocycles. The molecule has 0 aliphatic rings. The van der Waals surface area contributed by atoms with E-state index in [-0.39, 0.29) is 62.7 Å². The minimum atomic E-state index is -1.77. The van der Waals surface area contributed by atoms with Gasteiger partial charge in [0.1, 0.15) is 48.0 Å². The number of rotatable bonds is 34. The number of carbonyl (C=O) groups is 9. The fourth-order valence-corrected chi connectivity index (χ4v) is 8.88. The second-order valence-electron chi connectivity index (χ2n) is 21.1. The number of aromatic amines is 1. The summed E-state index contributed by atoms with van der Waals surface area (Å²) in [7, 11) is 0. The number of aliphatic hydroxyl groups is 3. The molecule has 0 unspecified atom stereocenters. The molecule has 0 radical (unpaired) electrons. The van der Waals surface area contributed by atoms with Gasteiger partial charge in [-0.3, -0.25) is 38.4 Å². The average Bonchev–Trinajstić information content (AvgIpc) is 4.09. The highest BCUT2D eigenvalue weighted by atomic mass is 16.4. The van der Waals surface area contributed by atoms with E-state index in [2.05, 4.69) is 47.5 Å². The van der Waals surface area contributed by atoms with Crippen LogP contribution in [-0.4, -0.2) is 164 Å². The standard InChI is InChI=1S/C57H81N11O14/c1-31(2)23-42(62-49(73)39(59)25-35-18-20-37(72)21-19-35)52(76)66-47(30-70)56(80)67-46(29-69)55(79)64-44(26-34-13-7-6-8-14-34)53(77)63-43(24-32(3)4)51(75)65-45(27-36-28-60-40-16-10-9-15-38(36)40)54(78)61-41(17-11-12-22-58)50(74)68-48(33(5)71)57(81)82/h6-10,13-16,18-21,28,31-33,39,41-48,60,69-72H,11-12,17,22-27,29-30,58-59H2,1-5H3,(H,61,78)(H,62,73)(H,63,77)(H,64,79)(H,65,75)(H,66,76)(H,67,80)(H,68,74)(H,81,82)/t33-,39+,41+,42+,43+,44+,45+,46+,47+,48+/m1/s1. The quantitative estimate of drug-likeness (QED) is 0.0244. The largest absolute Gasteiger partial charge is 0.508 e. The van der Waals surface area contributed by atoms with Gasteiger partial charge in [0.05, 0.1) is 25.4 Å². The van der Waals surface area contributed by atoms with Crippen LogP contribution in [0.15, 0.2) is 85.1 Å². The van der Waals surface area contributed by atoms with Crippen LogP contribution in [0.3, 0.4) is 0 Å². The van der Waals surface area contributed by atoms with Crippen LogP contribution in [0.2, 0.25) is 0 Å². The van der Waals surface area contributed by atoms with E-state index < -0.39 is 127 Å². The van der Waals surface area contributed by atoms with Crippen molar-refractivity contribution in [2.45, 2.75) is 146 Å². The van der Waals surface area contributed by atoms with Gasteiger partial charge in [-0.2, -0.15) is 0 Å². The zero-order chi connectivity index (χ0) is 60.6. The molecule has 0 aliphatic carbocycles. The first kappa shape index (κ1) is 66.5. The number of aromatic hydroxyl groups is 1. The lowest BCUT2D eigenvalue weighted by atomic mass is 9.99. The number of benzene rings is 3. The van der Waals surface area contributed by atoms with E-state index in [1.54, 1.807) is 94.6 Å². The van der Waals surface area contributed by atoms with Crippen molar-refractivity contribution in [1.82, 2.24) is 47.5 Å². The molecule has 0 saturated heterocycles. The Bertz CT molecular complexity index is 2760. The lowest BCUT2D eigenvalue weighted by molar-refractivity contribution is -0.145. The number of aliphatic carboxylic acids is 1. The number of fused-ring (bicyclic) bond motifs is 1. The first-order chi connectivity index (χ1) is 38.9. The number of para-hydroxylation sites is 1. The van der Waals surface area contributed by atoms with Crippen LogP contribution >= 0.6 is 0 Å². The molecular weight excluding hydrogens is 1060 g/mol. The Morgan fingerprint density at radius 1 is 0.512 bits per heavy atom.